The second-order valence-corrected chi connectivity index (χ2v) is 8.02. The summed E-state index contributed by atoms with van der Waals surface area (Å²) in [7, 11) is 0. The Morgan fingerprint density at radius 3 is 2.10 bits per heavy atom. The molecule has 1 fully saturated rings. The lowest BCUT2D eigenvalue weighted by molar-refractivity contribution is -0.150. The van der Waals surface area contributed by atoms with Gasteiger partial charge in [0.1, 0.15) is 6.61 Å². The zero-order valence-electron chi connectivity index (χ0n) is 16.4. The van der Waals surface area contributed by atoms with E-state index in [0.29, 0.717) is 0 Å². The van der Waals surface area contributed by atoms with Crippen molar-refractivity contribution < 1.29 is 29.6 Å². The number of aliphatic hydroxyl groups excluding tert-OH is 2. The summed E-state index contributed by atoms with van der Waals surface area (Å²) in [5, 5.41) is 31.6. The van der Waals surface area contributed by atoms with Gasteiger partial charge in [0.05, 0.1) is 18.1 Å². The van der Waals surface area contributed by atoms with Gasteiger partial charge in [0.2, 0.25) is 0 Å². The molecule has 7 heteroatoms. The van der Waals surface area contributed by atoms with Crippen LogP contribution in [-0.4, -0.2) is 52.7 Å². The molecule has 0 heterocycles. The van der Waals surface area contributed by atoms with Crippen LogP contribution < -0.4 is 5.32 Å². The fraction of sp³-hybridized carbons (Fsp3) is 0.391. The SMILES string of the molecule is O=C(NC[C@@H]1C[C@@H](O)[C@H](O)C[C@H]1C(=O)O)OCC1c2ccccc2-c2ccccc21. The van der Waals surface area contributed by atoms with Gasteiger partial charge in [-0.3, -0.25) is 4.79 Å². The molecule has 4 atom stereocenters. The van der Waals surface area contributed by atoms with Gasteiger partial charge in [0.25, 0.3) is 0 Å². The minimum Gasteiger partial charge on any atom is -0.481 e. The van der Waals surface area contributed by atoms with Gasteiger partial charge in [-0.05, 0) is 41.0 Å². The summed E-state index contributed by atoms with van der Waals surface area (Å²) in [6, 6.07) is 16.1. The van der Waals surface area contributed by atoms with Crippen molar-refractivity contribution in [1.82, 2.24) is 5.32 Å². The monoisotopic (exact) mass is 411 g/mol. The molecule has 2 aliphatic carbocycles. The average molecular weight is 411 g/mol. The molecule has 30 heavy (non-hydrogen) atoms. The molecular weight excluding hydrogens is 386 g/mol. The lowest BCUT2D eigenvalue weighted by Crippen LogP contribution is -2.46. The van der Waals surface area contributed by atoms with Crippen LogP contribution in [-0.2, 0) is 9.53 Å². The van der Waals surface area contributed by atoms with Gasteiger partial charge in [0.15, 0.2) is 0 Å². The highest BCUT2D eigenvalue weighted by molar-refractivity contribution is 5.79. The van der Waals surface area contributed by atoms with Crippen LogP contribution in [0.5, 0.6) is 0 Å². The molecule has 4 rings (SSSR count). The number of carboxylic acids is 1. The maximum atomic E-state index is 12.3. The van der Waals surface area contributed by atoms with E-state index in [0.717, 1.165) is 22.3 Å². The topological polar surface area (TPSA) is 116 Å². The van der Waals surface area contributed by atoms with Gasteiger partial charge in [-0.25, -0.2) is 4.79 Å². The number of aliphatic carboxylic acids is 1. The van der Waals surface area contributed by atoms with Crippen molar-refractivity contribution in [2.24, 2.45) is 11.8 Å². The molecule has 2 aromatic carbocycles. The van der Waals surface area contributed by atoms with Crippen LogP contribution in [0.1, 0.15) is 29.9 Å². The van der Waals surface area contributed by atoms with E-state index in [9.17, 15) is 24.9 Å². The maximum Gasteiger partial charge on any atom is 0.407 e. The minimum atomic E-state index is -1.06. The van der Waals surface area contributed by atoms with Gasteiger partial charge < -0.3 is 25.4 Å². The number of aliphatic hydroxyl groups is 2. The molecule has 0 aliphatic heterocycles. The zero-order chi connectivity index (χ0) is 21.3. The highest BCUT2D eigenvalue weighted by atomic mass is 16.5. The summed E-state index contributed by atoms with van der Waals surface area (Å²) in [5.41, 5.74) is 4.51. The summed E-state index contributed by atoms with van der Waals surface area (Å²) < 4.78 is 5.47. The van der Waals surface area contributed by atoms with Gasteiger partial charge in [-0.2, -0.15) is 0 Å². The highest BCUT2D eigenvalue weighted by Gasteiger charge is 2.39. The van der Waals surface area contributed by atoms with E-state index in [4.69, 9.17) is 4.74 Å². The largest absolute Gasteiger partial charge is 0.481 e. The predicted octanol–water partition coefficient (Wildman–Crippen LogP) is 2.36. The first kappa shape index (κ1) is 20.4. The van der Waals surface area contributed by atoms with Gasteiger partial charge in [0, 0.05) is 12.5 Å². The second-order valence-electron chi connectivity index (χ2n) is 8.02. The second kappa shape index (κ2) is 8.45. The standard InChI is InChI=1S/C23H25NO6/c25-20-9-13(18(22(27)28)10-21(20)26)11-24-23(29)30-12-19-16-7-3-1-5-14(16)15-6-2-4-8-17(15)19/h1-8,13,18-21,25-26H,9-12H2,(H,24,29)(H,27,28)/t13-,18+,20+,21+/m0/s1. The Hall–Kier alpha value is -2.90. The first-order valence-electron chi connectivity index (χ1n) is 10.1. The van der Waals surface area contributed by atoms with Crippen molar-refractivity contribution in [2.45, 2.75) is 31.0 Å². The molecule has 0 bridgehead atoms. The number of hydrogen-bond acceptors (Lipinski definition) is 5. The molecule has 0 unspecified atom stereocenters. The van der Waals surface area contributed by atoms with E-state index in [1.54, 1.807) is 0 Å². The number of amides is 1. The molecule has 0 aromatic heterocycles. The minimum absolute atomic E-state index is 0.0342. The molecule has 1 saturated carbocycles. The predicted molar refractivity (Wildman–Crippen MR) is 109 cm³/mol. The van der Waals surface area contributed by atoms with Gasteiger partial charge in [-0.1, -0.05) is 48.5 Å². The summed E-state index contributed by atoms with van der Waals surface area (Å²) in [6.45, 7) is 0.242. The highest BCUT2D eigenvalue weighted by Crippen LogP contribution is 2.44. The van der Waals surface area contributed by atoms with Crippen molar-refractivity contribution in [3.63, 3.8) is 0 Å². The number of carbonyl (C=O) groups excluding carboxylic acids is 1. The third kappa shape index (κ3) is 3.91. The number of rotatable bonds is 5. The third-order valence-corrected chi connectivity index (χ3v) is 6.22. The zero-order valence-corrected chi connectivity index (χ0v) is 16.4. The Morgan fingerprint density at radius 2 is 1.50 bits per heavy atom. The molecule has 1 amide bonds. The van der Waals surface area contributed by atoms with E-state index in [1.165, 1.54) is 0 Å². The lowest BCUT2D eigenvalue weighted by atomic mass is 9.76. The summed E-state index contributed by atoms with van der Waals surface area (Å²) >= 11 is 0. The van der Waals surface area contributed by atoms with Crippen LogP contribution >= 0.6 is 0 Å². The van der Waals surface area contributed by atoms with Crippen molar-refractivity contribution in [3.8, 4) is 11.1 Å². The van der Waals surface area contributed by atoms with E-state index in [1.807, 2.05) is 36.4 Å². The maximum absolute atomic E-state index is 12.3. The Morgan fingerprint density at radius 1 is 0.933 bits per heavy atom. The van der Waals surface area contributed by atoms with Gasteiger partial charge in [-0.15, -0.1) is 0 Å². The summed E-state index contributed by atoms with van der Waals surface area (Å²) in [6.07, 6.45) is -2.59. The van der Waals surface area contributed by atoms with E-state index in [-0.39, 0.29) is 31.9 Å². The van der Waals surface area contributed by atoms with Crippen molar-refractivity contribution in [1.29, 1.82) is 0 Å². The number of nitrogens with one attached hydrogen (secondary N) is 1. The lowest BCUT2D eigenvalue weighted by Gasteiger charge is -2.34. The number of hydrogen-bond donors (Lipinski definition) is 4. The fourth-order valence-corrected chi connectivity index (χ4v) is 4.63. The summed E-state index contributed by atoms with van der Waals surface area (Å²) in [4.78, 5) is 23.8. The molecular formula is C23H25NO6. The Kier molecular flexibility index (Phi) is 5.74. The van der Waals surface area contributed by atoms with E-state index >= 15 is 0 Å². The van der Waals surface area contributed by atoms with E-state index < -0.39 is 36.1 Å². The molecule has 7 nitrogen and oxygen atoms in total. The van der Waals surface area contributed by atoms with Crippen LogP contribution in [0.2, 0.25) is 0 Å². The fourth-order valence-electron chi connectivity index (χ4n) is 4.63. The Labute approximate surface area is 174 Å². The first-order valence-corrected chi connectivity index (χ1v) is 10.1. The molecule has 158 valence electrons. The number of carboxylic acid groups (broad SMARTS) is 1. The number of benzene rings is 2. The Bertz CT molecular complexity index is 899. The van der Waals surface area contributed by atoms with Crippen molar-refractivity contribution >= 4 is 12.1 Å². The van der Waals surface area contributed by atoms with Crippen LogP contribution in [0.25, 0.3) is 11.1 Å². The normalized spacial score (nSPS) is 25.3. The quantitative estimate of drug-likeness (QED) is 0.600. The molecule has 4 N–H and O–H groups in total. The van der Waals surface area contributed by atoms with Crippen LogP contribution in [0, 0.1) is 11.8 Å². The number of fused-ring (bicyclic) bond motifs is 3. The Balaban J connectivity index is 1.37. The third-order valence-electron chi connectivity index (χ3n) is 6.22. The summed E-state index contributed by atoms with van der Waals surface area (Å²) in [5.74, 6) is -2.39. The molecule has 0 spiro atoms. The van der Waals surface area contributed by atoms with Gasteiger partial charge >= 0.3 is 12.1 Å². The van der Waals surface area contributed by atoms with E-state index in [2.05, 4.69) is 17.4 Å². The number of ether oxygens (including phenoxy) is 1. The molecule has 0 saturated heterocycles. The smallest absolute Gasteiger partial charge is 0.407 e. The average Bonchev–Trinajstić information content (AvgIpc) is 3.06. The van der Waals surface area contributed by atoms with Crippen LogP contribution in [0.4, 0.5) is 4.79 Å². The molecule has 2 aliphatic rings. The van der Waals surface area contributed by atoms with Crippen molar-refractivity contribution in [3.05, 3.63) is 59.7 Å². The van der Waals surface area contributed by atoms with Crippen LogP contribution in [0.15, 0.2) is 48.5 Å². The number of alkyl carbamates (subject to hydrolysis) is 1. The first-order chi connectivity index (χ1) is 14.5. The van der Waals surface area contributed by atoms with Crippen LogP contribution in [0.3, 0.4) is 0 Å². The molecule has 0 radical (unpaired) electrons. The number of carbonyl (C=O) groups is 2. The van der Waals surface area contributed by atoms with Crippen molar-refractivity contribution in [2.75, 3.05) is 13.2 Å². The molecule has 2 aromatic rings.